The van der Waals surface area contributed by atoms with Crippen molar-refractivity contribution < 1.29 is 9.47 Å². The molecule has 0 atom stereocenters. The zero-order valence-corrected chi connectivity index (χ0v) is 15.8. The molecule has 0 saturated heterocycles. The summed E-state index contributed by atoms with van der Waals surface area (Å²) < 4.78 is 13.2. The van der Waals surface area contributed by atoms with Crippen molar-refractivity contribution in [3.8, 4) is 22.8 Å². The molecule has 0 fully saturated rings. The van der Waals surface area contributed by atoms with Gasteiger partial charge in [0.2, 0.25) is 5.95 Å². The van der Waals surface area contributed by atoms with Gasteiger partial charge in [-0.3, -0.25) is 4.68 Å². The lowest BCUT2D eigenvalue weighted by Gasteiger charge is -2.27. The van der Waals surface area contributed by atoms with Crippen LogP contribution < -0.4 is 14.4 Å². The van der Waals surface area contributed by atoms with Crippen LogP contribution in [0.25, 0.3) is 11.3 Å². The quantitative estimate of drug-likeness (QED) is 0.711. The predicted octanol–water partition coefficient (Wildman–Crippen LogP) is 2.98. The van der Waals surface area contributed by atoms with Gasteiger partial charge in [0.1, 0.15) is 0 Å². The number of hydrogen-bond acceptors (Lipinski definition) is 6. The topological polar surface area (TPSA) is 65.3 Å². The number of benzene rings is 1. The maximum Gasteiger partial charge on any atom is 0.226 e. The molecule has 1 aliphatic heterocycles. The van der Waals surface area contributed by atoms with Crippen molar-refractivity contribution in [3.63, 3.8) is 0 Å². The molecule has 0 spiro atoms. The molecule has 0 N–H and O–H groups in total. The normalized spacial score (nSPS) is 14.1. The van der Waals surface area contributed by atoms with E-state index in [1.807, 2.05) is 49.2 Å². The third kappa shape index (κ3) is 3.45. The summed E-state index contributed by atoms with van der Waals surface area (Å²) in [6.45, 7) is 4.12. The molecule has 3 heterocycles. The molecule has 140 valence electrons. The Morgan fingerprint density at radius 3 is 2.89 bits per heavy atom. The van der Waals surface area contributed by atoms with E-state index < -0.39 is 0 Å². The van der Waals surface area contributed by atoms with Crippen LogP contribution in [0.2, 0.25) is 0 Å². The molecule has 0 radical (unpaired) electrons. The maximum atomic E-state index is 5.94. The number of methoxy groups -OCH3 is 1. The Morgan fingerprint density at radius 2 is 2.11 bits per heavy atom. The molecule has 27 heavy (non-hydrogen) atoms. The molecular formula is C20H23N5O2. The monoisotopic (exact) mass is 365 g/mol. The van der Waals surface area contributed by atoms with Gasteiger partial charge in [-0.1, -0.05) is 12.1 Å². The molecule has 0 aliphatic carbocycles. The van der Waals surface area contributed by atoms with Gasteiger partial charge in [0.05, 0.1) is 25.1 Å². The smallest absolute Gasteiger partial charge is 0.226 e. The molecule has 0 saturated carbocycles. The zero-order chi connectivity index (χ0) is 18.8. The molecule has 0 bridgehead atoms. The third-order valence-electron chi connectivity index (χ3n) is 4.68. The van der Waals surface area contributed by atoms with E-state index in [0.29, 0.717) is 19.1 Å². The van der Waals surface area contributed by atoms with Gasteiger partial charge in [-0.05, 0) is 25.5 Å². The lowest BCUT2D eigenvalue weighted by atomic mass is 10.1. The minimum atomic E-state index is 0.630. The van der Waals surface area contributed by atoms with E-state index in [9.17, 15) is 0 Å². The number of rotatable bonds is 3. The molecule has 3 aromatic rings. The van der Waals surface area contributed by atoms with Crippen LogP contribution in [0.15, 0.2) is 36.7 Å². The van der Waals surface area contributed by atoms with Crippen LogP contribution in [-0.4, -0.2) is 40.0 Å². The fourth-order valence-corrected chi connectivity index (χ4v) is 3.40. The predicted molar refractivity (Wildman–Crippen MR) is 103 cm³/mol. The summed E-state index contributed by atoms with van der Waals surface area (Å²) in [5.41, 5.74) is 3.94. The summed E-state index contributed by atoms with van der Waals surface area (Å²) in [4.78, 5) is 11.5. The minimum absolute atomic E-state index is 0.630. The van der Waals surface area contributed by atoms with Crippen molar-refractivity contribution in [2.45, 2.75) is 19.9 Å². The standard InChI is InChI=1S/C20H23N5O2/c1-14-16(13-24(2)23-14)17-8-9-21-20(22-17)25-10-5-11-27-19-15(12-25)6-4-7-18(19)26-3/h4,6-9,13H,5,10-12H2,1-3H3. The van der Waals surface area contributed by atoms with Crippen LogP contribution >= 0.6 is 0 Å². The van der Waals surface area contributed by atoms with Gasteiger partial charge in [0, 0.05) is 43.7 Å². The molecule has 1 aliphatic rings. The first kappa shape index (κ1) is 17.3. The van der Waals surface area contributed by atoms with Crippen molar-refractivity contribution in [1.29, 1.82) is 0 Å². The van der Waals surface area contributed by atoms with Gasteiger partial charge < -0.3 is 14.4 Å². The highest BCUT2D eigenvalue weighted by molar-refractivity contribution is 5.62. The van der Waals surface area contributed by atoms with E-state index >= 15 is 0 Å². The molecule has 4 rings (SSSR count). The van der Waals surface area contributed by atoms with Gasteiger partial charge in [0.15, 0.2) is 11.5 Å². The fourth-order valence-electron chi connectivity index (χ4n) is 3.40. The van der Waals surface area contributed by atoms with Crippen LogP contribution in [-0.2, 0) is 13.6 Å². The lowest BCUT2D eigenvalue weighted by Crippen LogP contribution is -2.29. The number of anilines is 1. The molecule has 0 amide bonds. The lowest BCUT2D eigenvalue weighted by molar-refractivity contribution is 0.281. The van der Waals surface area contributed by atoms with Gasteiger partial charge in [-0.15, -0.1) is 0 Å². The van der Waals surface area contributed by atoms with E-state index in [0.717, 1.165) is 47.0 Å². The zero-order valence-electron chi connectivity index (χ0n) is 15.8. The average Bonchev–Trinajstić information content (AvgIpc) is 3.00. The van der Waals surface area contributed by atoms with Gasteiger partial charge >= 0.3 is 0 Å². The summed E-state index contributed by atoms with van der Waals surface area (Å²) in [5.74, 6) is 2.28. The highest BCUT2D eigenvalue weighted by atomic mass is 16.5. The van der Waals surface area contributed by atoms with E-state index in [1.165, 1.54) is 0 Å². The number of hydrogen-bond donors (Lipinski definition) is 0. The third-order valence-corrected chi connectivity index (χ3v) is 4.68. The summed E-state index contributed by atoms with van der Waals surface area (Å²) in [5, 5.41) is 4.42. The van der Waals surface area contributed by atoms with Gasteiger partial charge in [0.25, 0.3) is 0 Å². The first-order chi connectivity index (χ1) is 13.2. The number of nitrogens with zero attached hydrogens (tertiary/aromatic N) is 5. The second-order valence-electron chi connectivity index (χ2n) is 6.62. The van der Waals surface area contributed by atoms with E-state index in [-0.39, 0.29) is 0 Å². The van der Waals surface area contributed by atoms with Crippen molar-refractivity contribution in [3.05, 3.63) is 47.9 Å². The van der Waals surface area contributed by atoms with Crippen LogP contribution in [0.3, 0.4) is 0 Å². The summed E-state index contributed by atoms with van der Waals surface area (Å²) >= 11 is 0. The largest absolute Gasteiger partial charge is 0.493 e. The first-order valence-corrected chi connectivity index (χ1v) is 9.03. The second kappa shape index (κ2) is 7.26. The van der Waals surface area contributed by atoms with Crippen molar-refractivity contribution in [1.82, 2.24) is 19.7 Å². The number of fused-ring (bicyclic) bond motifs is 1. The highest BCUT2D eigenvalue weighted by Crippen LogP contribution is 2.34. The minimum Gasteiger partial charge on any atom is -0.493 e. The van der Waals surface area contributed by atoms with Crippen molar-refractivity contribution in [2.75, 3.05) is 25.2 Å². The molecule has 7 heteroatoms. The molecular weight excluding hydrogens is 342 g/mol. The van der Waals surface area contributed by atoms with Crippen LogP contribution in [0.5, 0.6) is 11.5 Å². The Hall–Kier alpha value is -3.09. The average molecular weight is 365 g/mol. The van der Waals surface area contributed by atoms with Crippen LogP contribution in [0.1, 0.15) is 17.7 Å². The Labute approximate surface area is 158 Å². The Bertz CT molecular complexity index is 953. The van der Waals surface area contributed by atoms with Crippen LogP contribution in [0, 0.1) is 6.92 Å². The fraction of sp³-hybridized carbons (Fsp3) is 0.350. The SMILES string of the molecule is COc1cccc2c1OCCCN(c1nccc(-c3cn(C)nc3C)n1)C2. The Balaban J connectivity index is 1.68. The summed E-state index contributed by atoms with van der Waals surface area (Å²) in [6.07, 6.45) is 4.69. The van der Waals surface area contributed by atoms with E-state index in [2.05, 4.69) is 21.0 Å². The number of aryl methyl sites for hydroxylation is 2. The summed E-state index contributed by atoms with van der Waals surface area (Å²) in [6, 6.07) is 7.90. The van der Waals surface area contributed by atoms with Gasteiger partial charge in [-0.25, -0.2) is 9.97 Å². The number of ether oxygens (including phenoxy) is 2. The number of aromatic nitrogens is 4. The molecule has 2 aromatic heterocycles. The Kier molecular flexibility index (Phi) is 4.66. The van der Waals surface area contributed by atoms with Crippen molar-refractivity contribution >= 4 is 5.95 Å². The molecule has 1 aromatic carbocycles. The van der Waals surface area contributed by atoms with E-state index in [1.54, 1.807) is 7.11 Å². The van der Waals surface area contributed by atoms with Crippen LogP contribution in [0.4, 0.5) is 5.95 Å². The van der Waals surface area contributed by atoms with Gasteiger partial charge in [-0.2, -0.15) is 5.10 Å². The van der Waals surface area contributed by atoms with E-state index in [4.69, 9.17) is 14.5 Å². The molecule has 0 unspecified atom stereocenters. The first-order valence-electron chi connectivity index (χ1n) is 9.03. The summed E-state index contributed by atoms with van der Waals surface area (Å²) in [7, 11) is 3.58. The highest BCUT2D eigenvalue weighted by Gasteiger charge is 2.20. The molecule has 7 nitrogen and oxygen atoms in total. The maximum absolute atomic E-state index is 5.94. The Morgan fingerprint density at radius 1 is 1.22 bits per heavy atom. The number of para-hydroxylation sites is 1. The van der Waals surface area contributed by atoms with Crippen molar-refractivity contribution in [2.24, 2.45) is 7.05 Å². The second-order valence-corrected chi connectivity index (χ2v) is 6.62.